The molecule has 0 radical (unpaired) electrons. The second-order valence-electron chi connectivity index (χ2n) is 2.65. The molecule has 0 saturated heterocycles. The second kappa shape index (κ2) is 7.64. The van der Waals surface area contributed by atoms with Crippen molar-refractivity contribution in [2.45, 2.75) is 0 Å². The van der Waals surface area contributed by atoms with Crippen LogP contribution in [-0.4, -0.2) is 60.5 Å². The van der Waals surface area contributed by atoms with Gasteiger partial charge in [0.2, 0.25) is 0 Å². The van der Waals surface area contributed by atoms with E-state index in [1.54, 1.807) is 0 Å². The van der Waals surface area contributed by atoms with Crippen LogP contribution >= 0.6 is 15.1 Å². The first-order chi connectivity index (χ1) is 6.24. The van der Waals surface area contributed by atoms with E-state index in [0.29, 0.717) is 0 Å². The van der Waals surface area contributed by atoms with Crippen molar-refractivity contribution in [3.05, 3.63) is 0 Å². The maximum absolute atomic E-state index is 8.88. The summed E-state index contributed by atoms with van der Waals surface area (Å²) in [6, 6.07) is 0. The predicted molar refractivity (Wildman–Crippen MR) is 52.0 cm³/mol. The molecular weight excluding hydrogens is 238 g/mol. The molecule has 0 spiro atoms. The molecule has 0 amide bonds. The minimum absolute atomic E-state index is 0. The van der Waals surface area contributed by atoms with Crippen LogP contribution in [0.5, 0.6) is 0 Å². The zero-order valence-electron chi connectivity index (χ0n) is 8.31. The van der Waals surface area contributed by atoms with Gasteiger partial charge >= 0.3 is 62.3 Å². The van der Waals surface area contributed by atoms with E-state index < -0.39 is 15.1 Å². The maximum Gasteiger partial charge on any atom is 1.00 e. The van der Waals surface area contributed by atoms with Gasteiger partial charge in [0, 0.05) is 0 Å². The fourth-order valence-corrected chi connectivity index (χ4v) is 0.900. The van der Waals surface area contributed by atoms with Gasteiger partial charge in [-0.15, -0.1) is 0 Å². The van der Waals surface area contributed by atoms with Gasteiger partial charge in [-0.05, 0) is 0 Å². The second-order valence-corrected chi connectivity index (χ2v) is 7.94. The molecule has 7 N–H and O–H groups in total. The first-order valence-electron chi connectivity index (χ1n) is 3.46. The first-order valence-corrected chi connectivity index (χ1v) is 7.86. The van der Waals surface area contributed by atoms with Gasteiger partial charge in [-0.3, -0.25) is 0 Å². The van der Waals surface area contributed by atoms with Crippen LogP contribution in [-0.2, 0) is 4.57 Å². The van der Waals surface area contributed by atoms with E-state index >= 15 is 0 Å². The molecule has 14 heavy (non-hydrogen) atoms. The van der Waals surface area contributed by atoms with E-state index in [9.17, 15) is 0 Å². The third-order valence-corrected chi connectivity index (χ3v) is 4.02. The molecule has 0 saturated carbocycles. The van der Waals surface area contributed by atoms with Crippen molar-refractivity contribution in [3.63, 3.8) is 0 Å². The van der Waals surface area contributed by atoms with Gasteiger partial charge in [-0.25, -0.2) is 4.57 Å². The van der Waals surface area contributed by atoms with Gasteiger partial charge in [-0.1, -0.05) is 0 Å². The smallest absolute Gasteiger partial charge is 1.00 e. The quantitative estimate of drug-likeness (QED) is 0.277. The van der Waals surface area contributed by atoms with Crippen LogP contribution in [0.3, 0.4) is 0 Å². The largest absolute Gasteiger partial charge is 1.00 e. The molecule has 0 aromatic heterocycles. The van der Waals surface area contributed by atoms with Crippen LogP contribution in [0.1, 0.15) is 1.43 Å². The molecule has 0 aliphatic heterocycles. The molecule has 0 atom stereocenters. The molecule has 0 unspecified atom stereocenters. The third kappa shape index (κ3) is 10.5. The average molecular weight is 255 g/mol. The zero-order chi connectivity index (χ0) is 11.8. The van der Waals surface area contributed by atoms with E-state index in [0.717, 1.165) is 0 Å². The van der Waals surface area contributed by atoms with E-state index in [1.165, 1.54) is 0 Å². The Morgan fingerprint density at radius 3 is 1.00 bits per heavy atom. The monoisotopic (exact) mass is 255 g/mol. The molecule has 90 valence electrons. The van der Waals surface area contributed by atoms with Crippen LogP contribution in [0.4, 0.5) is 0 Å². The molecule has 10 heteroatoms. The molecule has 0 rings (SSSR count). The molecular formula is C4H17O8P2+. The minimum Gasteiger partial charge on any atom is 1.00 e. The zero-order valence-corrected chi connectivity index (χ0v) is 9.21. The van der Waals surface area contributed by atoms with Crippen molar-refractivity contribution < 1.29 is 41.1 Å². The van der Waals surface area contributed by atoms with Crippen LogP contribution in [0, 0.1) is 0 Å². The van der Waals surface area contributed by atoms with Gasteiger partial charge in [0.25, 0.3) is 0 Å². The number of hydrogen-bond acceptors (Lipinski definition) is 5. The Labute approximate surface area is 82.5 Å². The molecule has 0 fully saturated rings. The molecule has 0 aliphatic carbocycles. The molecule has 0 aromatic rings. The Hall–Kier alpha value is 0.380. The van der Waals surface area contributed by atoms with Crippen LogP contribution < -0.4 is 0 Å². The van der Waals surface area contributed by atoms with E-state index in [4.69, 9.17) is 39.7 Å². The van der Waals surface area contributed by atoms with Gasteiger partial charge in [0.05, 0.1) is 0 Å². The average Bonchev–Trinajstić information content (AvgIpc) is 2.07. The van der Waals surface area contributed by atoms with Gasteiger partial charge in [-0.2, -0.15) is 0 Å². The van der Waals surface area contributed by atoms with Crippen LogP contribution in [0.15, 0.2) is 0 Å². The van der Waals surface area contributed by atoms with Crippen LogP contribution in [0.25, 0.3) is 0 Å². The summed E-state index contributed by atoms with van der Waals surface area (Å²) in [5.41, 5.74) is 0. The molecule has 0 aliphatic rings. The SMILES string of the molecule is O=P(O)(O)O.OC[PH](CO)(CO)CO.[H+]. The van der Waals surface area contributed by atoms with E-state index in [1.807, 2.05) is 0 Å². The van der Waals surface area contributed by atoms with E-state index in [-0.39, 0.29) is 26.8 Å². The van der Waals surface area contributed by atoms with Crippen LogP contribution in [0.2, 0.25) is 0 Å². The fraction of sp³-hybridized carbons (Fsp3) is 1.00. The Morgan fingerprint density at radius 1 is 0.857 bits per heavy atom. The van der Waals surface area contributed by atoms with Gasteiger partial charge in [0.15, 0.2) is 0 Å². The number of phosphoric acid groups is 1. The Morgan fingerprint density at radius 2 is 1.00 bits per heavy atom. The number of rotatable bonds is 4. The van der Waals surface area contributed by atoms with E-state index in [2.05, 4.69) is 0 Å². The summed E-state index contributed by atoms with van der Waals surface area (Å²) < 4.78 is 8.88. The Kier molecular flexibility index (Phi) is 9.17. The van der Waals surface area contributed by atoms with Gasteiger partial charge in [0.1, 0.15) is 0 Å². The summed E-state index contributed by atoms with van der Waals surface area (Å²) in [5.74, 6) is 0. The number of hydrogen-bond donors (Lipinski definition) is 7. The van der Waals surface area contributed by atoms with Crippen molar-refractivity contribution in [2.75, 3.05) is 25.4 Å². The summed E-state index contributed by atoms with van der Waals surface area (Å²) in [6.45, 7) is 0. The summed E-state index contributed by atoms with van der Waals surface area (Å²) in [5, 5.41) is 34.2. The number of aliphatic hydroxyl groups is 4. The first kappa shape index (κ1) is 16.8. The minimum atomic E-state index is -4.64. The maximum atomic E-state index is 8.88. The van der Waals surface area contributed by atoms with Gasteiger partial charge < -0.3 is 14.7 Å². The van der Waals surface area contributed by atoms with Crippen molar-refractivity contribution in [3.8, 4) is 0 Å². The Balaban J connectivity index is -0.000000208. The fourth-order valence-electron chi connectivity index (χ4n) is 0.300. The summed E-state index contributed by atoms with van der Waals surface area (Å²) in [7, 11) is -7.11. The van der Waals surface area contributed by atoms with Crippen molar-refractivity contribution in [1.29, 1.82) is 0 Å². The van der Waals surface area contributed by atoms with Crippen molar-refractivity contribution >= 4 is 15.1 Å². The summed E-state index contributed by atoms with van der Waals surface area (Å²) in [4.78, 5) is 21.6. The molecule has 8 nitrogen and oxygen atoms in total. The summed E-state index contributed by atoms with van der Waals surface area (Å²) >= 11 is 0. The molecule has 0 heterocycles. The molecule has 0 aromatic carbocycles. The van der Waals surface area contributed by atoms with Crippen molar-refractivity contribution in [2.24, 2.45) is 0 Å². The molecule has 0 bridgehead atoms. The normalized spacial score (nSPS) is 13.1. The Bertz CT molecular complexity index is 154. The topological polar surface area (TPSA) is 159 Å². The standard InChI is InChI=1S/C4H13O4P.H3O4P/c5-1-9(2-6,3-7)4-8;1-5(2,3)4/h5-9H,1-4H2;(H3,1,2,3,4)/p+1. The predicted octanol–water partition coefficient (Wildman–Crippen LogP) is -2.28. The number of aliphatic hydroxyl groups excluding tert-OH is 4. The third-order valence-electron chi connectivity index (χ3n) is 1.34. The van der Waals surface area contributed by atoms with Crippen molar-refractivity contribution in [1.82, 2.24) is 0 Å². The summed E-state index contributed by atoms with van der Waals surface area (Å²) in [6.07, 6.45) is -1.07.